The Labute approximate surface area is 187 Å². The fourth-order valence-corrected chi connectivity index (χ4v) is 3.70. The van der Waals surface area contributed by atoms with Gasteiger partial charge in [0.15, 0.2) is 0 Å². The predicted octanol–water partition coefficient (Wildman–Crippen LogP) is 5.35. The van der Waals surface area contributed by atoms with Crippen LogP contribution in [0.2, 0.25) is 0 Å². The monoisotopic (exact) mass is 432 g/mol. The molecule has 4 rings (SSSR count). The number of piperidine rings is 1. The Morgan fingerprint density at radius 1 is 0.969 bits per heavy atom. The number of rotatable bonds is 5. The number of hydrogen-bond donors (Lipinski definition) is 2. The smallest absolute Gasteiger partial charge is 0.321 e. The van der Waals surface area contributed by atoms with Crippen LogP contribution in [0.4, 0.5) is 16.2 Å². The van der Waals surface area contributed by atoms with Gasteiger partial charge in [-0.3, -0.25) is 4.79 Å². The largest absolute Gasteiger partial charge is 0.441 e. The first-order valence-electron chi connectivity index (χ1n) is 11.0. The van der Waals surface area contributed by atoms with Gasteiger partial charge in [0.05, 0.1) is 6.20 Å². The number of urea groups is 1. The van der Waals surface area contributed by atoms with E-state index in [4.69, 9.17) is 4.42 Å². The number of para-hydroxylation sites is 1. The molecule has 1 aliphatic heterocycles. The number of carbonyl (C=O) groups is 2. The molecular weight excluding hydrogens is 404 g/mol. The summed E-state index contributed by atoms with van der Waals surface area (Å²) in [7, 11) is 0. The molecule has 0 spiro atoms. The van der Waals surface area contributed by atoms with Crippen molar-refractivity contribution in [2.45, 2.75) is 32.6 Å². The molecular formula is C25H28N4O3. The summed E-state index contributed by atoms with van der Waals surface area (Å²) in [5.41, 5.74) is 2.37. The van der Waals surface area contributed by atoms with Crippen molar-refractivity contribution in [2.75, 3.05) is 23.7 Å². The van der Waals surface area contributed by atoms with Gasteiger partial charge in [-0.2, -0.15) is 0 Å². The van der Waals surface area contributed by atoms with Crippen LogP contribution < -0.4 is 10.6 Å². The number of hydrogen-bond acceptors (Lipinski definition) is 4. The lowest BCUT2D eigenvalue weighted by molar-refractivity contribution is -0.121. The summed E-state index contributed by atoms with van der Waals surface area (Å²) in [6.07, 6.45) is 3.03. The van der Waals surface area contributed by atoms with Crippen LogP contribution in [0.3, 0.4) is 0 Å². The van der Waals surface area contributed by atoms with Gasteiger partial charge in [0.1, 0.15) is 5.76 Å². The number of oxazole rings is 1. The molecule has 0 atom stereocenters. The van der Waals surface area contributed by atoms with E-state index in [1.807, 2.05) is 54.6 Å². The number of nitrogens with zero attached hydrogens (tertiary/aromatic N) is 2. The van der Waals surface area contributed by atoms with Gasteiger partial charge < -0.3 is 20.0 Å². The number of carbonyl (C=O) groups excluding carboxylic acids is 2. The van der Waals surface area contributed by atoms with Gasteiger partial charge in [-0.1, -0.05) is 32.0 Å². The first kappa shape index (κ1) is 21.6. The van der Waals surface area contributed by atoms with E-state index in [0.29, 0.717) is 31.8 Å². The van der Waals surface area contributed by atoms with E-state index in [-0.39, 0.29) is 23.8 Å². The molecule has 0 bridgehead atoms. The molecule has 2 aromatic carbocycles. The predicted molar refractivity (Wildman–Crippen MR) is 124 cm³/mol. The van der Waals surface area contributed by atoms with Crippen molar-refractivity contribution in [2.24, 2.45) is 5.92 Å². The first-order chi connectivity index (χ1) is 15.5. The molecule has 3 amide bonds. The van der Waals surface area contributed by atoms with Gasteiger partial charge in [-0.25, -0.2) is 9.78 Å². The molecule has 1 fully saturated rings. The van der Waals surface area contributed by atoms with Gasteiger partial charge in [-0.15, -0.1) is 0 Å². The highest BCUT2D eigenvalue weighted by molar-refractivity contribution is 5.93. The molecule has 7 heteroatoms. The summed E-state index contributed by atoms with van der Waals surface area (Å²) in [6.45, 7) is 5.22. The third kappa shape index (κ3) is 5.17. The maximum absolute atomic E-state index is 12.7. The van der Waals surface area contributed by atoms with Gasteiger partial charge in [0.2, 0.25) is 11.8 Å². The molecule has 166 valence electrons. The standard InChI is InChI=1S/C25H28N4O3/c1-17(2)22-16-26-24(32-22)19-8-10-21(11-9-19)27-23(30)18-12-14-29(15-13-18)25(31)28-20-6-4-3-5-7-20/h3-11,16-18H,12-15H2,1-2H3,(H,27,30)(H,28,31). The SMILES string of the molecule is CC(C)c1cnc(-c2ccc(NC(=O)C3CCN(C(=O)Nc4ccccc4)CC3)cc2)o1. The summed E-state index contributed by atoms with van der Waals surface area (Å²) in [5.74, 6) is 1.58. The van der Waals surface area contributed by atoms with E-state index in [1.165, 1.54) is 0 Å². The molecule has 1 aliphatic rings. The topological polar surface area (TPSA) is 87.5 Å². The minimum absolute atomic E-state index is 0.0147. The molecule has 0 saturated carbocycles. The molecule has 7 nitrogen and oxygen atoms in total. The Hall–Kier alpha value is -3.61. The molecule has 0 unspecified atom stereocenters. The van der Waals surface area contributed by atoms with Crippen LogP contribution in [-0.2, 0) is 4.79 Å². The third-order valence-electron chi connectivity index (χ3n) is 5.67. The molecule has 0 aliphatic carbocycles. The Morgan fingerprint density at radius 3 is 2.25 bits per heavy atom. The van der Waals surface area contributed by atoms with Crippen molar-refractivity contribution < 1.29 is 14.0 Å². The number of benzene rings is 2. The maximum Gasteiger partial charge on any atom is 0.321 e. The summed E-state index contributed by atoms with van der Waals surface area (Å²) >= 11 is 0. The van der Waals surface area contributed by atoms with Crippen molar-refractivity contribution in [1.82, 2.24) is 9.88 Å². The molecule has 3 aromatic rings. The number of likely N-dealkylation sites (tertiary alicyclic amines) is 1. The quantitative estimate of drug-likeness (QED) is 0.569. The Kier molecular flexibility index (Phi) is 6.54. The van der Waals surface area contributed by atoms with Crippen LogP contribution in [0.1, 0.15) is 38.4 Å². The van der Waals surface area contributed by atoms with Crippen molar-refractivity contribution in [1.29, 1.82) is 0 Å². The minimum atomic E-state index is -0.127. The fraction of sp³-hybridized carbons (Fsp3) is 0.320. The normalized spacial score (nSPS) is 14.4. The lowest BCUT2D eigenvalue weighted by Gasteiger charge is -2.31. The summed E-state index contributed by atoms with van der Waals surface area (Å²) in [6, 6.07) is 16.7. The van der Waals surface area contributed by atoms with E-state index in [1.54, 1.807) is 11.1 Å². The van der Waals surface area contributed by atoms with Crippen molar-refractivity contribution in [3.63, 3.8) is 0 Å². The van der Waals surface area contributed by atoms with Crippen LogP contribution in [0, 0.1) is 5.92 Å². The fourth-order valence-electron chi connectivity index (χ4n) is 3.70. The zero-order valence-corrected chi connectivity index (χ0v) is 18.4. The molecule has 2 N–H and O–H groups in total. The lowest BCUT2D eigenvalue weighted by atomic mass is 9.96. The Bertz CT molecular complexity index is 1050. The van der Waals surface area contributed by atoms with Crippen LogP contribution >= 0.6 is 0 Å². The van der Waals surface area contributed by atoms with E-state index in [9.17, 15) is 9.59 Å². The number of aromatic nitrogens is 1. The average molecular weight is 433 g/mol. The Balaban J connectivity index is 1.28. The summed E-state index contributed by atoms with van der Waals surface area (Å²) in [4.78, 5) is 31.2. The second kappa shape index (κ2) is 9.68. The van der Waals surface area contributed by atoms with Gasteiger partial charge in [0, 0.05) is 41.9 Å². The van der Waals surface area contributed by atoms with Gasteiger partial charge >= 0.3 is 6.03 Å². The van der Waals surface area contributed by atoms with Crippen LogP contribution in [0.15, 0.2) is 65.2 Å². The second-order valence-electron chi connectivity index (χ2n) is 8.35. The molecule has 0 radical (unpaired) electrons. The third-order valence-corrected chi connectivity index (χ3v) is 5.67. The van der Waals surface area contributed by atoms with Crippen LogP contribution in [0.5, 0.6) is 0 Å². The maximum atomic E-state index is 12.7. The van der Waals surface area contributed by atoms with E-state index in [2.05, 4.69) is 29.5 Å². The molecule has 32 heavy (non-hydrogen) atoms. The zero-order chi connectivity index (χ0) is 22.5. The molecule has 1 aromatic heterocycles. The first-order valence-corrected chi connectivity index (χ1v) is 11.0. The minimum Gasteiger partial charge on any atom is -0.441 e. The van der Waals surface area contributed by atoms with E-state index < -0.39 is 0 Å². The lowest BCUT2D eigenvalue weighted by Crippen LogP contribution is -2.43. The summed E-state index contributed by atoms with van der Waals surface area (Å²) < 4.78 is 5.78. The van der Waals surface area contributed by atoms with Crippen molar-refractivity contribution in [3.05, 3.63) is 66.6 Å². The molecule has 1 saturated heterocycles. The Morgan fingerprint density at radius 2 is 1.62 bits per heavy atom. The van der Waals surface area contributed by atoms with Crippen molar-refractivity contribution >= 4 is 23.3 Å². The van der Waals surface area contributed by atoms with Crippen LogP contribution in [-0.4, -0.2) is 34.9 Å². The highest BCUT2D eigenvalue weighted by Gasteiger charge is 2.27. The highest BCUT2D eigenvalue weighted by atomic mass is 16.4. The molecule has 2 heterocycles. The number of anilines is 2. The average Bonchev–Trinajstić information content (AvgIpc) is 3.31. The second-order valence-corrected chi connectivity index (χ2v) is 8.35. The highest BCUT2D eigenvalue weighted by Crippen LogP contribution is 2.25. The van der Waals surface area contributed by atoms with E-state index >= 15 is 0 Å². The zero-order valence-electron chi connectivity index (χ0n) is 18.4. The van der Waals surface area contributed by atoms with Crippen molar-refractivity contribution in [3.8, 4) is 11.5 Å². The van der Waals surface area contributed by atoms with Crippen LogP contribution in [0.25, 0.3) is 11.5 Å². The number of amides is 3. The number of nitrogens with one attached hydrogen (secondary N) is 2. The summed E-state index contributed by atoms with van der Waals surface area (Å²) in [5, 5.41) is 5.88. The van der Waals surface area contributed by atoms with Gasteiger partial charge in [0.25, 0.3) is 0 Å². The van der Waals surface area contributed by atoms with E-state index in [0.717, 1.165) is 22.7 Å². The van der Waals surface area contributed by atoms with Gasteiger partial charge in [-0.05, 0) is 49.2 Å².